The molecule has 7 nitrogen and oxygen atoms in total. The van der Waals surface area contributed by atoms with Crippen LogP contribution < -0.4 is 5.32 Å². The molecule has 22 heavy (non-hydrogen) atoms. The van der Waals surface area contributed by atoms with Crippen molar-refractivity contribution in [2.75, 3.05) is 11.9 Å². The topological polar surface area (TPSA) is 85.1 Å². The SMILES string of the molecule is OC[C@@H]1C[C@@H](F)[C@H](n2cnc3c(NC(F)(F)F)ncnc32)O1. The summed E-state index contributed by atoms with van der Waals surface area (Å²) in [6, 6.07) is 0. The molecular formula is C11H11F4N5O2. The molecule has 0 aliphatic carbocycles. The van der Waals surface area contributed by atoms with E-state index in [1.54, 1.807) is 0 Å². The first-order chi connectivity index (χ1) is 10.4. The van der Waals surface area contributed by atoms with Crippen molar-refractivity contribution in [2.45, 2.75) is 31.2 Å². The molecule has 11 heteroatoms. The van der Waals surface area contributed by atoms with Crippen LogP contribution in [-0.4, -0.2) is 49.8 Å². The van der Waals surface area contributed by atoms with Crippen LogP contribution in [0, 0.1) is 0 Å². The Morgan fingerprint density at radius 3 is 2.77 bits per heavy atom. The molecule has 0 saturated carbocycles. The van der Waals surface area contributed by atoms with Gasteiger partial charge in [-0.1, -0.05) is 0 Å². The fourth-order valence-corrected chi connectivity index (χ4v) is 2.33. The predicted molar refractivity (Wildman–Crippen MR) is 65.5 cm³/mol. The van der Waals surface area contributed by atoms with E-state index in [1.807, 2.05) is 0 Å². The van der Waals surface area contributed by atoms with Crippen molar-refractivity contribution in [3.8, 4) is 0 Å². The Morgan fingerprint density at radius 2 is 2.14 bits per heavy atom. The van der Waals surface area contributed by atoms with Gasteiger partial charge in [0.25, 0.3) is 0 Å². The third-order valence-corrected chi connectivity index (χ3v) is 3.23. The van der Waals surface area contributed by atoms with Crippen molar-refractivity contribution in [1.82, 2.24) is 19.5 Å². The monoisotopic (exact) mass is 321 g/mol. The van der Waals surface area contributed by atoms with Crippen LogP contribution in [0.4, 0.5) is 23.4 Å². The Morgan fingerprint density at radius 1 is 1.36 bits per heavy atom. The summed E-state index contributed by atoms with van der Waals surface area (Å²) < 4.78 is 57.7. The van der Waals surface area contributed by atoms with E-state index in [1.165, 1.54) is 9.88 Å². The number of nitrogens with one attached hydrogen (secondary N) is 1. The number of hydrogen-bond acceptors (Lipinski definition) is 6. The van der Waals surface area contributed by atoms with Gasteiger partial charge >= 0.3 is 6.30 Å². The highest BCUT2D eigenvalue weighted by atomic mass is 19.4. The minimum absolute atomic E-state index is 0.00740. The van der Waals surface area contributed by atoms with E-state index < -0.39 is 30.6 Å². The van der Waals surface area contributed by atoms with E-state index in [-0.39, 0.29) is 24.2 Å². The Hall–Kier alpha value is -2.01. The highest BCUT2D eigenvalue weighted by molar-refractivity contribution is 5.82. The number of fused-ring (bicyclic) bond motifs is 1. The highest BCUT2D eigenvalue weighted by Crippen LogP contribution is 2.34. The number of aliphatic hydroxyl groups excluding tert-OH is 1. The molecule has 1 fully saturated rings. The summed E-state index contributed by atoms with van der Waals surface area (Å²) in [5, 5.41) is 10.3. The van der Waals surface area contributed by atoms with Gasteiger partial charge in [0.1, 0.15) is 12.5 Å². The lowest BCUT2D eigenvalue weighted by Crippen LogP contribution is -2.22. The molecule has 120 valence electrons. The lowest BCUT2D eigenvalue weighted by Gasteiger charge is -2.15. The van der Waals surface area contributed by atoms with Gasteiger partial charge in [0.2, 0.25) is 0 Å². The maximum Gasteiger partial charge on any atom is 0.483 e. The zero-order chi connectivity index (χ0) is 15.9. The highest BCUT2D eigenvalue weighted by Gasteiger charge is 2.37. The summed E-state index contributed by atoms with van der Waals surface area (Å²) in [5.41, 5.74) is -0.143. The van der Waals surface area contributed by atoms with E-state index in [4.69, 9.17) is 9.84 Å². The van der Waals surface area contributed by atoms with Crippen LogP contribution in [0.15, 0.2) is 12.7 Å². The normalized spacial score (nSPS) is 25.8. The second-order valence-electron chi connectivity index (χ2n) is 4.75. The summed E-state index contributed by atoms with van der Waals surface area (Å²) in [5.74, 6) is -0.525. The number of imidazole rings is 1. The van der Waals surface area contributed by atoms with Crippen molar-refractivity contribution in [2.24, 2.45) is 0 Å². The summed E-state index contributed by atoms with van der Waals surface area (Å²) in [6.45, 7) is -0.348. The quantitative estimate of drug-likeness (QED) is 0.656. The Bertz CT molecular complexity index is 676. The second kappa shape index (κ2) is 5.32. The second-order valence-corrected chi connectivity index (χ2v) is 4.75. The Balaban J connectivity index is 1.98. The van der Waals surface area contributed by atoms with Crippen LogP contribution in [0.3, 0.4) is 0 Å². The molecule has 2 aromatic heterocycles. The van der Waals surface area contributed by atoms with Crippen LogP contribution >= 0.6 is 0 Å². The fourth-order valence-electron chi connectivity index (χ4n) is 2.33. The third-order valence-electron chi connectivity index (χ3n) is 3.23. The third kappa shape index (κ3) is 2.68. The van der Waals surface area contributed by atoms with Gasteiger partial charge in [-0.2, -0.15) is 13.2 Å². The number of ether oxygens (including phenoxy) is 1. The molecule has 0 radical (unpaired) electrons. The number of aromatic nitrogens is 4. The maximum absolute atomic E-state index is 14.0. The van der Waals surface area contributed by atoms with Gasteiger partial charge in [0.05, 0.1) is 19.0 Å². The Labute approximate surface area is 120 Å². The van der Waals surface area contributed by atoms with E-state index in [0.717, 1.165) is 12.7 Å². The van der Waals surface area contributed by atoms with Crippen molar-refractivity contribution in [1.29, 1.82) is 0 Å². The van der Waals surface area contributed by atoms with Crippen LogP contribution in [0.5, 0.6) is 0 Å². The average molecular weight is 321 g/mol. The van der Waals surface area contributed by atoms with E-state index in [9.17, 15) is 17.6 Å². The van der Waals surface area contributed by atoms with Gasteiger partial charge in [-0.3, -0.25) is 9.88 Å². The molecule has 1 aliphatic rings. The van der Waals surface area contributed by atoms with Gasteiger partial charge in [0, 0.05) is 6.42 Å². The van der Waals surface area contributed by atoms with Crippen molar-refractivity contribution < 1.29 is 27.4 Å². The fraction of sp³-hybridized carbons (Fsp3) is 0.545. The molecule has 1 aliphatic heterocycles. The molecule has 3 heterocycles. The van der Waals surface area contributed by atoms with Crippen LogP contribution in [0.25, 0.3) is 11.2 Å². The average Bonchev–Trinajstić information content (AvgIpc) is 3.01. The van der Waals surface area contributed by atoms with E-state index in [2.05, 4.69) is 15.0 Å². The van der Waals surface area contributed by atoms with Gasteiger partial charge in [-0.25, -0.2) is 19.3 Å². The Kier molecular flexibility index (Phi) is 3.60. The smallest absolute Gasteiger partial charge is 0.394 e. The predicted octanol–water partition coefficient (Wildman–Crippen LogP) is 1.38. The summed E-state index contributed by atoms with van der Waals surface area (Å²) >= 11 is 0. The van der Waals surface area contributed by atoms with Gasteiger partial charge in [-0.15, -0.1) is 0 Å². The minimum atomic E-state index is -4.68. The van der Waals surface area contributed by atoms with Gasteiger partial charge in [0.15, 0.2) is 23.2 Å². The minimum Gasteiger partial charge on any atom is -0.394 e. The number of nitrogens with zero attached hydrogens (tertiary/aromatic N) is 4. The number of hydrogen-bond donors (Lipinski definition) is 2. The summed E-state index contributed by atoms with van der Waals surface area (Å²) in [4.78, 5) is 11.1. The first kappa shape index (κ1) is 14.9. The molecule has 2 aromatic rings. The molecule has 0 aromatic carbocycles. The number of aliphatic hydroxyl groups is 1. The molecule has 0 amide bonds. The molecule has 1 saturated heterocycles. The number of anilines is 1. The number of alkyl halides is 4. The molecule has 3 atom stereocenters. The zero-order valence-electron chi connectivity index (χ0n) is 11.0. The maximum atomic E-state index is 14.0. The molecule has 0 bridgehead atoms. The molecule has 2 N–H and O–H groups in total. The summed E-state index contributed by atoms with van der Waals surface area (Å²) in [6.07, 6.45) is -5.84. The standard InChI is InChI=1S/C11H11F4N5O2/c12-6-1-5(2-21)22-10(6)20-4-18-7-8(19-11(13,14)15)16-3-17-9(7)20/h3-6,10,21H,1-2H2,(H,16,17,19)/t5-,6+,10+/m0/s1. The van der Waals surface area contributed by atoms with Crippen molar-refractivity contribution in [3.05, 3.63) is 12.7 Å². The zero-order valence-corrected chi connectivity index (χ0v) is 11.0. The van der Waals surface area contributed by atoms with Crippen molar-refractivity contribution >= 4 is 17.0 Å². The lowest BCUT2D eigenvalue weighted by atomic mass is 10.2. The lowest BCUT2D eigenvalue weighted by molar-refractivity contribution is -0.100. The van der Waals surface area contributed by atoms with Crippen LogP contribution in [0.2, 0.25) is 0 Å². The van der Waals surface area contributed by atoms with Gasteiger partial charge < -0.3 is 9.84 Å². The first-order valence-corrected chi connectivity index (χ1v) is 6.32. The van der Waals surface area contributed by atoms with E-state index >= 15 is 0 Å². The van der Waals surface area contributed by atoms with Crippen LogP contribution in [0.1, 0.15) is 12.6 Å². The number of rotatable bonds is 3. The largest absolute Gasteiger partial charge is 0.483 e. The molecule has 0 spiro atoms. The summed E-state index contributed by atoms with van der Waals surface area (Å²) in [7, 11) is 0. The van der Waals surface area contributed by atoms with Crippen molar-refractivity contribution in [3.63, 3.8) is 0 Å². The van der Waals surface area contributed by atoms with E-state index in [0.29, 0.717) is 0 Å². The number of halogens is 4. The molecule has 0 unspecified atom stereocenters. The molecular weight excluding hydrogens is 310 g/mol. The van der Waals surface area contributed by atoms with Crippen LogP contribution in [-0.2, 0) is 4.74 Å². The van der Waals surface area contributed by atoms with Gasteiger partial charge in [-0.05, 0) is 0 Å². The first-order valence-electron chi connectivity index (χ1n) is 6.32. The molecule has 3 rings (SSSR count).